The van der Waals surface area contributed by atoms with Crippen LogP contribution in [-0.4, -0.2) is 11.7 Å². The Kier molecular flexibility index (Phi) is 5.65. The van der Waals surface area contributed by atoms with Crippen LogP contribution in [0.25, 0.3) is 0 Å². The first-order valence-corrected chi connectivity index (χ1v) is 7.52. The lowest BCUT2D eigenvalue weighted by Gasteiger charge is -2.11. The van der Waals surface area contributed by atoms with Crippen LogP contribution in [0.3, 0.4) is 0 Å². The number of benzene rings is 1. The van der Waals surface area contributed by atoms with Gasteiger partial charge in [0.15, 0.2) is 5.76 Å². The zero-order valence-corrected chi connectivity index (χ0v) is 13.5. The van der Waals surface area contributed by atoms with Crippen molar-refractivity contribution in [2.24, 2.45) is 0 Å². The van der Waals surface area contributed by atoms with Gasteiger partial charge >= 0.3 is 0 Å². The van der Waals surface area contributed by atoms with E-state index in [9.17, 15) is 0 Å². The van der Waals surface area contributed by atoms with Crippen molar-refractivity contribution in [2.75, 3.05) is 6.54 Å². The summed E-state index contributed by atoms with van der Waals surface area (Å²) in [5.74, 6) is 1.57. The van der Waals surface area contributed by atoms with Crippen LogP contribution >= 0.6 is 11.6 Å². The highest BCUT2D eigenvalue weighted by Gasteiger charge is 2.09. The van der Waals surface area contributed by atoms with Crippen molar-refractivity contribution in [1.82, 2.24) is 10.5 Å². The predicted octanol–water partition coefficient (Wildman–Crippen LogP) is 4.02. The molecule has 1 aromatic carbocycles. The third-order valence-corrected chi connectivity index (χ3v) is 3.34. The Morgan fingerprint density at radius 3 is 2.62 bits per heavy atom. The molecule has 21 heavy (non-hydrogen) atoms. The first kappa shape index (κ1) is 15.9. The molecule has 0 aliphatic rings. The quantitative estimate of drug-likeness (QED) is 0.785. The summed E-state index contributed by atoms with van der Waals surface area (Å²) >= 11 is 6.01. The van der Waals surface area contributed by atoms with Gasteiger partial charge in [-0.15, -0.1) is 0 Å². The van der Waals surface area contributed by atoms with Crippen molar-refractivity contribution in [2.45, 2.75) is 40.3 Å². The minimum Gasteiger partial charge on any atom is -0.485 e. The summed E-state index contributed by atoms with van der Waals surface area (Å²) in [6.07, 6.45) is 1.10. The van der Waals surface area contributed by atoms with Crippen LogP contribution in [0.15, 0.2) is 22.7 Å². The molecule has 0 saturated carbocycles. The Morgan fingerprint density at radius 1 is 1.24 bits per heavy atom. The number of hydrogen-bond donors (Lipinski definition) is 1. The summed E-state index contributed by atoms with van der Waals surface area (Å²) in [6.45, 7) is 8.15. The molecule has 1 N–H and O–H groups in total. The van der Waals surface area contributed by atoms with Gasteiger partial charge in [-0.05, 0) is 50.1 Å². The summed E-state index contributed by atoms with van der Waals surface area (Å²) in [4.78, 5) is 0. The minimum atomic E-state index is 0.365. The lowest BCUT2D eigenvalue weighted by molar-refractivity contribution is 0.246. The van der Waals surface area contributed by atoms with Crippen LogP contribution in [0.1, 0.15) is 35.9 Å². The van der Waals surface area contributed by atoms with Crippen LogP contribution in [0.4, 0.5) is 0 Å². The number of nitrogens with zero attached hydrogens (tertiary/aromatic N) is 1. The molecule has 0 atom stereocenters. The summed E-state index contributed by atoms with van der Waals surface area (Å²) in [7, 11) is 0. The van der Waals surface area contributed by atoms with Crippen LogP contribution < -0.4 is 10.1 Å². The van der Waals surface area contributed by atoms with Crippen LogP contribution in [0.2, 0.25) is 5.02 Å². The molecule has 1 aromatic heterocycles. The monoisotopic (exact) mass is 308 g/mol. The molecule has 0 unspecified atom stereocenters. The third kappa shape index (κ3) is 4.48. The molecular weight excluding hydrogens is 288 g/mol. The average molecular weight is 309 g/mol. The second-order valence-corrected chi connectivity index (χ2v) is 5.56. The van der Waals surface area contributed by atoms with E-state index in [0.29, 0.717) is 6.61 Å². The highest BCUT2D eigenvalue weighted by molar-refractivity contribution is 6.30. The Morgan fingerprint density at radius 2 is 1.95 bits per heavy atom. The van der Waals surface area contributed by atoms with E-state index in [-0.39, 0.29) is 0 Å². The first-order chi connectivity index (χ1) is 10.1. The summed E-state index contributed by atoms with van der Waals surface area (Å²) in [6, 6.07) is 5.71. The largest absolute Gasteiger partial charge is 0.485 e. The number of aromatic nitrogens is 1. The van der Waals surface area contributed by atoms with E-state index < -0.39 is 0 Å². The zero-order chi connectivity index (χ0) is 15.2. The number of hydrogen-bond acceptors (Lipinski definition) is 4. The second-order valence-electron chi connectivity index (χ2n) is 5.12. The highest BCUT2D eigenvalue weighted by atomic mass is 35.5. The van der Waals surface area contributed by atoms with Gasteiger partial charge in [0.1, 0.15) is 12.4 Å². The molecule has 0 amide bonds. The lowest BCUT2D eigenvalue weighted by atomic mass is 10.1. The second kappa shape index (κ2) is 7.48. The van der Waals surface area contributed by atoms with Crippen molar-refractivity contribution in [1.29, 1.82) is 0 Å². The fourth-order valence-corrected chi connectivity index (χ4v) is 2.50. The van der Waals surface area contributed by atoms with Gasteiger partial charge in [-0.2, -0.15) is 0 Å². The van der Waals surface area contributed by atoms with Gasteiger partial charge in [0.05, 0.1) is 5.69 Å². The standard InChI is InChI=1S/C16H21ClN2O2/c1-4-5-18-9-14-8-15(21-19-14)10-20-16-11(2)6-13(17)7-12(16)3/h6-8,18H,4-5,9-10H2,1-3H3. The van der Waals surface area contributed by atoms with Gasteiger partial charge in [-0.1, -0.05) is 23.7 Å². The van der Waals surface area contributed by atoms with E-state index in [4.69, 9.17) is 20.9 Å². The van der Waals surface area contributed by atoms with E-state index in [1.165, 1.54) is 0 Å². The van der Waals surface area contributed by atoms with Crippen molar-refractivity contribution in [3.63, 3.8) is 0 Å². The van der Waals surface area contributed by atoms with Crippen molar-refractivity contribution < 1.29 is 9.26 Å². The maximum absolute atomic E-state index is 6.01. The third-order valence-electron chi connectivity index (χ3n) is 3.12. The van der Waals surface area contributed by atoms with Gasteiger partial charge in [-0.3, -0.25) is 0 Å². The number of halogens is 1. The number of nitrogens with one attached hydrogen (secondary N) is 1. The van der Waals surface area contributed by atoms with E-state index >= 15 is 0 Å². The number of ether oxygens (including phenoxy) is 1. The number of aryl methyl sites for hydroxylation is 2. The molecule has 0 saturated heterocycles. The molecule has 0 aliphatic heterocycles. The van der Waals surface area contributed by atoms with E-state index in [2.05, 4.69) is 17.4 Å². The molecule has 5 heteroatoms. The molecular formula is C16H21ClN2O2. The Hall–Kier alpha value is -1.52. The summed E-state index contributed by atoms with van der Waals surface area (Å²) in [5.41, 5.74) is 2.93. The van der Waals surface area contributed by atoms with Crippen LogP contribution in [-0.2, 0) is 13.2 Å². The maximum atomic E-state index is 6.01. The Bertz CT molecular complexity index is 573. The van der Waals surface area contributed by atoms with Gasteiger partial charge in [0.2, 0.25) is 0 Å². The highest BCUT2D eigenvalue weighted by Crippen LogP contribution is 2.27. The average Bonchev–Trinajstić information content (AvgIpc) is 2.86. The predicted molar refractivity (Wildman–Crippen MR) is 83.8 cm³/mol. The molecule has 2 rings (SSSR count). The van der Waals surface area contributed by atoms with Crippen molar-refractivity contribution in [3.05, 3.63) is 45.8 Å². The molecule has 0 bridgehead atoms. The Labute approximate surface area is 130 Å². The molecule has 114 valence electrons. The molecule has 0 radical (unpaired) electrons. The first-order valence-electron chi connectivity index (χ1n) is 7.15. The molecule has 4 nitrogen and oxygen atoms in total. The normalized spacial score (nSPS) is 10.9. The zero-order valence-electron chi connectivity index (χ0n) is 12.7. The van der Waals surface area contributed by atoms with Gasteiger partial charge in [-0.25, -0.2) is 0 Å². The minimum absolute atomic E-state index is 0.365. The fourth-order valence-electron chi connectivity index (χ4n) is 2.17. The molecule has 0 spiro atoms. The number of rotatable bonds is 7. The van der Waals surface area contributed by atoms with E-state index in [1.807, 2.05) is 32.0 Å². The van der Waals surface area contributed by atoms with Gasteiger partial charge < -0.3 is 14.6 Å². The van der Waals surface area contributed by atoms with Gasteiger partial charge in [0, 0.05) is 17.6 Å². The maximum Gasteiger partial charge on any atom is 0.174 e. The van der Waals surface area contributed by atoms with Gasteiger partial charge in [0.25, 0.3) is 0 Å². The SMILES string of the molecule is CCCNCc1cc(COc2c(C)cc(Cl)cc2C)on1. The van der Waals surface area contributed by atoms with Crippen molar-refractivity contribution >= 4 is 11.6 Å². The molecule has 0 aliphatic carbocycles. The topological polar surface area (TPSA) is 47.3 Å². The summed E-state index contributed by atoms with van der Waals surface area (Å²) in [5, 5.41) is 8.03. The van der Waals surface area contributed by atoms with Crippen LogP contribution in [0.5, 0.6) is 5.75 Å². The molecule has 1 heterocycles. The van der Waals surface area contributed by atoms with Crippen molar-refractivity contribution in [3.8, 4) is 5.75 Å². The smallest absolute Gasteiger partial charge is 0.174 e. The van der Waals surface area contributed by atoms with Crippen LogP contribution in [0, 0.1) is 13.8 Å². The molecule has 2 aromatic rings. The fraction of sp³-hybridized carbons (Fsp3) is 0.438. The van der Waals surface area contributed by atoms with E-state index in [1.54, 1.807) is 0 Å². The summed E-state index contributed by atoms with van der Waals surface area (Å²) < 4.78 is 11.1. The molecule has 0 fully saturated rings. The lowest BCUT2D eigenvalue weighted by Crippen LogP contribution is -2.13. The Balaban J connectivity index is 1.94. The van der Waals surface area contributed by atoms with E-state index in [0.717, 1.165) is 52.9 Å².